The first-order valence-electron chi connectivity index (χ1n) is 7.58. The maximum absolute atomic E-state index is 12.3. The number of methoxy groups -OCH3 is 1. The third-order valence-corrected chi connectivity index (χ3v) is 4.59. The monoisotopic (exact) mass is 329 g/mol. The van der Waals surface area contributed by atoms with Crippen LogP contribution in [0.2, 0.25) is 0 Å². The van der Waals surface area contributed by atoms with Crippen molar-refractivity contribution >= 4 is 17.7 Å². The zero-order chi connectivity index (χ0) is 17.5. The van der Waals surface area contributed by atoms with Crippen molar-refractivity contribution in [1.82, 2.24) is 10.2 Å². The fourth-order valence-electron chi connectivity index (χ4n) is 3.12. The molecule has 0 radical (unpaired) electrons. The Kier molecular flexibility index (Phi) is 3.79. The van der Waals surface area contributed by atoms with Crippen LogP contribution in [-0.4, -0.2) is 34.3 Å². The molecule has 1 amide bonds. The van der Waals surface area contributed by atoms with Crippen LogP contribution in [-0.2, 0) is 9.59 Å². The van der Waals surface area contributed by atoms with Gasteiger partial charge in [0.2, 0.25) is 5.91 Å². The van der Waals surface area contributed by atoms with E-state index in [0.717, 1.165) is 17.0 Å². The van der Waals surface area contributed by atoms with Gasteiger partial charge in [0.15, 0.2) is 5.82 Å². The van der Waals surface area contributed by atoms with Crippen LogP contribution in [0.1, 0.15) is 13.8 Å². The second-order valence-corrected chi connectivity index (χ2v) is 6.50. The Morgan fingerprint density at radius 1 is 1.29 bits per heavy atom. The number of carbonyl (C=O) groups excluding carboxylic acids is 1. The molecular formula is C17H19N3O4. The van der Waals surface area contributed by atoms with Gasteiger partial charge in [-0.15, -0.1) is 0 Å². The number of aromatic amines is 1. The Hall–Kier alpha value is -2.83. The Balaban J connectivity index is 1.73. The van der Waals surface area contributed by atoms with Crippen LogP contribution in [0.25, 0.3) is 11.3 Å². The highest BCUT2D eigenvalue weighted by atomic mass is 16.5. The minimum Gasteiger partial charge on any atom is -0.497 e. The Morgan fingerprint density at radius 3 is 2.67 bits per heavy atom. The summed E-state index contributed by atoms with van der Waals surface area (Å²) >= 11 is 0. The van der Waals surface area contributed by atoms with E-state index in [1.54, 1.807) is 27.0 Å². The van der Waals surface area contributed by atoms with Crippen LogP contribution < -0.4 is 10.1 Å². The molecule has 2 aromatic rings. The SMILES string of the molecule is COc1cccc(-c2cc(NC(=O)[C@@H]3[C@H](C(=O)O)C3(C)C)n[nH]2)c1. The van der Waals surface area contributed by atoms with Crippen LogP contribution in [0.15, 0.2) is 30.3 Å². The van der Waals surface area contributed by atoms with E-state index in [1.807, 2.05) is 24.3 Å². The summed E-state index contributed by atoms with van der Waals surface area (Å²) in [7, 11) is 1.59. The summed E-state index contributed by atoms with van der Waals surface area (Å²) in [6, 6.07) is 9.15. The van der Waals surface area contributed by atoms with E-state index in [4.69, 9.17) is 9.84 Å². The number of ether oxygens (including phenoxy) is 1. The lowest BCUT2D eigenvalue weighted by atomic mass is 10.1. The van der Waals surface area contributed by atoms with Gasteiger partial charge in [-0.3, -0.25) is 14.7 Å². The van der Waals surface area contributed by atoms with Crippen molar-refractivity contribution < 1.29 is 19.4 Å². The van der Waals surface area contributed by atoms with Crippen LogP contribution in [0.5, 0.6) is 5.75 Å². The normalized spacial score (nSPS) is 21.1. The van der Waals surface area contributed by atoms with E-state index < -0.39 is 23.2 Å². The van der Waals surface area contributed by atoms with Crippen LogP contribution in [0, 0.1) is 17.3 Å². The zero-order valence-electron chi connectivity index (χ0n) is 13.7. The fraction of sp³-hybridized carbons (Fsp3) is 0.353. The topological polar surface area (TPSA) is 104 Å². The number of hydrogen-bond donors (Lipinski definition) is 3. The molecule has 1 aliphatic carbocycles. The van der Waals surface area contributed by atoms with E-state index in [-0.39, 0.29) is 5.91 Å². The minimum absolute atomic E-state index is 0.323. The second-order valence-electron chi connectivity index (χ2n) is 6.50. The maximum atomic E-state index is 12.3. The molecule has 1 saturated carbocycles. The molecule has 1 heterocycles. The lowest BCUT2D eigenvalue weighted by molar-refractivity contribution is -0.140. The Morgan fingerprint density at radius 2 is 2.04 bits per heavy atom. The number of H-pyrrole nitrogens is 1. The number of benzene rings is 1. The van der Waals surface area contributed by atoms with Gasteiger partial charge < -0.3 is 15.2 Å². The predicted octanol–water partition coefficient (Wildman–Crippen LogP) is 2.38. The van der Waals surface area contributed by atoms with Crippen molar-refractivity contribution in [3.05, 3.63) is 30.3 Å². The van der Waals surface area contributed by atoms with Gasteiger partial charge in [-0.25, -0.2) is 0 Å². The van der Waals surface area contributed by atoms with Crippen molar-refractivity contribution in [3.8, 4) is 17.0 Å². The second kappa shape index (κ2) is 5.67. The summed E-state index contributed by atoms with van der Waals surface area (Å²) < 4.78 is 5.18. The largest absolute Gasteiger partial charge is 0.497 e. The highest BCUT2D eigenvalue weighted by Crippen LogP contribution is 2.58. The van der Waals surface area contributed by atoms with Crippen LogP contribution in [0.4, 0.5) is 5.82 Å². The minimum atomic E-state index is -0.945. The molecule has 3 N–H and O–H groups in total. The smallest absolute Gasteiger partial charge is 0.307 e. The average molecular weight is 329 g/mol. The molecule has 0 unspecified atom stereocenters. The molecule has 0 bridgehead atoms. The summed E-state index contributed by atoms with van der Waals surface area (Å²) in [4.78, 5) is 23.5. The quantitative estimate of drug-likeness (QED) is 0.781. The van der Waals surface area contributed by atoms with E-state index in [1.165, 1.54) is 0 Å². The van der Waals surface area contributed by atoms with Gasteiger partial charge in [-0.2, -0.15) is 5.10 Å². The number of carboxylic acid groups (broad SMARTS) is 1. The molecule has 1 aliphatic rings. The molecule has 2 atom stereocenters. The average Bonchev–Trinajstić information content (AvgIpc) is 2.89. The maximum Gasteiger partial charge on any atom is 0.307 e. The van der Waals surface area contributed by atoms with Crippen LogP contribution >= 0.6 is 0 Å². The van der Waals surface area contributed by atoms with Crippen LogP contribution in [0.3, 0.4) is 0 Å². The summed E-state index contributed by atoms with van der Waals surface area (Å²) in [6.07, 6.45) is 0. The predicted molar refractivity (Wildman–Crippen MR) is 87.6 cm³/mol. The van der Waals surface area contributed by atoms with Gasteiger partial charge in [-0.05, 0) is 17.5 Å². The highest BCUT2D eigenvalue weighted by Gasteiger charge is 2.65. The lowest BCUT2D eigenvalue weighted by Gasteiger charge is -2.02. The number of anilines is 1. The van der Waals surface area contributed by atoms with Gasteiger partial charge >= 0.3 is 5.97 Å². The zero-order valence-corrected chi connectivity index (χ0v) is 13.7. The molecule has 0 spiro atoms. The molecule has 0 aliphatic heterocycles. The molecular weight excluding hydrogens is 310 g/mol. The summed E-state index contributed by atoms with van der Waals surface area (Å²) in [5, 5.41) is 18.8. The van der Waals surface area contributed by atoms with E-state index in [0.29, 0.717) is 5.82 Å². The molecule has 7 nitrogen and oxygen atoms in total. The number of nitrogens with zero attached hydrogens (tertiary/aromatic N) is 1. The summed E-state index contributed by atoms with van der Waals surface area (Å²) in [6.45, 7) is 3.56. The van der Waals surface area contributed by atoms with Crippen molar-refractivity contribution in [2.24, 2.45) is 17.3 Å². The van der Waals surface area contributed by atoms with Crippen molar-refractivity contribution in [2.45, 2.75) is 13.8 Å². The molecule has 126 valence electrons. The Bertz CT molecular complexity index is 797. The lowest BCUT2D eigenvalue weighted by Crippen LogP contribution is -2.17. The van der Waals surface area contributed by atoms with Gasteiger partial charge in [-0.1, -0.05) is 26.0 Å². The fourth-order valence-corrected chi connectivity index (χ4v) is 3.12. The first kappa shape index (κ1) is 16.0. The third kappa shape index (κ3) is 2.73. The first-order valence-corrected chi connectivity index (χ1v) is 7.58. The number of carbonyl (C=O) groups is 2. The Labute approximate surface area is 139 Å². The number of carboxylic acids is 1. The highest BCUT2D eigenvalue weighted by molar-refractivity contribution is 5.99. The third-order valence-electron chi connectivity index (χ3n) is 4.59. The van der Waals surface area contributed by atoms with Gasteiger partial charge in [0.25, 0.3) is 0 Å². The molecule has 1 fully saturated rings. The molecule has 1 aromatic heterocycles. The van der Waals surface area contributed by atoms with Crippen molar-refractivity contribution in [3.63, 3.8) is 0 Å². The molecule has 0 saturated heterocycles. The molecule has 1 aromatic carbocycles. The summed E-state index contributed by atoms with van der Waals surface area (Å²) in [5.41, 5.74) is 1.06. The molecule has 3 rings (SSSR count). The number of aromatic nitrogens is 2. The molecule has 24 heavy (non-hydrogen) atoms. The van der Waals surface area contributed by atoms with E-state index in [2.05, 4.69) is 15.5 Å². The number of aliphatic carboxylic acids is 1. The van der Waals surface area contributed by atoms with Gasteiger partial charge in [0.1, 0.15) is 5.75 Å². The number of nitrogens with one attached hydrogen (secondary N) is 2. The van der Waals surface area contributed by atoms with E-state index >= 15 is 0 Å². The van der Waals surface area contributed by atoms with Crippen molar-refractivity contribution in [2.75, 3.05) is 12.4 Å². The van der Waals surface area contributed by atoms with Crippen molar-refractivity contribution in [1.29, 1.82) is 0 Å². The number of amides is 1. The van der Waals surface area contributed by atoms with Gasteiger partial charge in [0, 0.05) is 11.6 Å². The number of rotatable bonds is 5. The molecule has 7 heteroatoms. The first-order chi connectivity index (χ1) is 11.3. The standard InChI is InChI=1S/C17H19N3O4/c1-17(2)13(14(17)16(22)23)15(21)18-12-8-11(19-20-12)9-5-4-6-10(7-9)24-3/h4-8,13-14H,1-3H3,(H,22,23)(H2,18,19,20,21)/t13-,14+/m0/s1. The van der Waals surface area contributed by atoms with Gasteiger partial charge in [0.05, 0.1) is 24.6 Å². The van der Waals surface area contributed by atoms with E-state index in [9.17, 15) is 9.59 Å². The number of hydrogen-bond acceptors (Lipinski definition) is 4. The summed E-state index contributed by atoms with van der Waals surface area (Å²) in [5.74, 6) is -1.39.